The lowest BCUT2D eigenvalue weighted by atomic mass is 9.91. The summed E-state index contributed by atoms with van der Waals surface area (Å²) in [6.07, 6.45) is 5.10. The van der Waals surface area contributed by atoms with Crippen molar-refractivity contribution in [2.75, 3.05) is 13.2 Å². The summed E-state index contributed by atoms with van der Waals surface area (Å²) in [4.78, 5) is 16.7. The zero-order valence-electron chi connectivity index (χ0n) is 23.9. The maximum absolute atomic E-state index is 14.2. The Morgan fingerprint density at radius 1 is 0.884 bits per heavy atom. The third-order valence-electron chi connectivity index (χ3n) is 7.62. The van der Waals surface area contributed by atoms with Crippen LogP contribution in [-0.2, 0) is 37.0 Å². The molecule has 7 heteroatoms. The number of benzene rings is 3. The molecule has 1 heterocycles. The second-order valence-corrected chi connectivity index (χ2v) is 10.6. The number of hydrogen-bond donors (Lipinski definition) is 1. The van der Waals surface area contributed by atoms with Crippen molar-refractivity contribution in [3.63, 3.8) is 0 Å². The molecule has 1 aromatic heterocycles. The second-order valence-electron chi connectivity index (χ2n) is 10.6. The lowest BCUT2D eigenvalue weighted by molar-refractivity contribution is 0.0519. The zero-order valence-corrected chi connectivity index (χ0v) is 23.9. The molecule has 0 saturated carbocycles. The average Bonchev–Trinajstić information content (AvgIpc) is 3.01. The van der Waals surface area contributed by atoms with Crippen molar-refractivity contribution in [3.8, 4) is 5.75 Å². The number of esters is 1. The number of aryl methyl sites for hydroxylation is 3. The number of ether oxygens (including phenoxy) is 2. The number of hydrogen-bond acceptors (Lipinski definition) is 5. The fourth-order valence-electron chi connectivity index (χ4n) is 5.36. The summed E-state index contributed by atoms with van der Waals surface area (Å²) in [6.45, 7) is 3.13. The van der Waals surface area contributed by atoms with Crippen LogP contribution in [0, 0.1) is 11.6 Å². The number of fused-ring (bicyclic) bond motifs is 1. The van der Waals surface area contributed by atoms with Gasteiger partial charge in [0.25, 0.3) is 0 Å². The highest BCUT2D eigenvalue weighted by molar-refractivity contribution is 5.87. The average molecular weight is 587 g/mol. The van der Waals surface area contributed by atoms with Crippen LogP contribution in [0.1, 0.15) is 77.2 Å². The van der Waals surface area contributed by atoms with Crippen molar-refractivity contribution >= 4 is 5.97 Å². The molecule has 1 unspecified atom stereocenters. The molecule has 1 aliphatic carbocycles. The number of nitrogens with zero attached hydrogens (tertiary/aromatic N) is 1. The molecule has 226 valence electrons. The fourth-order valence-corrected chi connectivity index (χ4v) is 5.36. The maximum atomic E-state index is 14.2. The minimum absolute atomic E-state index is 0. The number of rotatable bonds is 12. The van der Waals surface area contributed by atoms with Gasteiger partial charge in [0, 0.05) is 11.7 Å². The number of aromatic nitrogens is 1. The summed E-state index contributed by atoms with van der Waals surface area (Å²) in [5, 5.41) is 3.60. The van der Waals surface area contributed by atoms with E-state index in [1.165, 1.54) is 29.8 Å². The topological polar surface area (TPSA) is 60.5 Å². The van der Waals surface area contributed by atoms with Crippen molar-refractivity contribution in [2.24, 2.45) is 0 Å². The van der Waals surface area contributed by atoms with E-state index in [-0.39, 0.29) is 25.1 Å². The van der Waals surface area contributed by atoms with Gasteiger partial charge in [-0.1, -0.05) is 49.9 Å². The molecule has 1 atom stereocenters. The van der Waals surface area contributed by atoms with Gasteiger partial charge in [-0.15, -0.1) is 0 Å². The van der Waals surface area contributed by atoms with Gasteiger partial charge in [0.1, 0.15) is 29.7 Å². The third kappa shape index (κ3) is 8.71. The molecule has 0 aliphatic heterocycles. The lowest BCUT2D eigenvalue weighted by Gasteiger charge is -2.26. The van der Waals surface area contributed by atoms with E-state index in [2.05, 4.69) is 22.4 Å². The smallest absolute Gasteiger partial charge is 0.356 e. The molecule has 5 rings (SSSR count). The van der Waals surface area contributed by atoms with Crippen LogP contribution in [0.15, 0.2) is 78.9 Å². The van der Waals surface area contributed by atoms with E-state index in [4.69, 9.17) is 9.47 Å². The second kappa shape index (κ2) is 15.4. The van der Waals surface area contributed by atoms with Gasteiger partial charge in [-0.25, -0.2) is 18.6 Å². The molecule has 0 radical (unpaired) electrons. The lowest BCUT2D eigenvalue weighted by Crippen LogP contribution is -2.28. The molecule has 4 aromatic rings. The summed E-state index contributed by atoms with van der Waals surface area (Å²) < 4.78 is 38.5. The fraction of sp³-hybridized carbons (Fsp3) is 0.333. The Labute approximate surface area is 253 Å². The monoisotopic (exact) mass is 586 g/mol. The van der Waals surface area contributed by atoms with Gasteiger partial charge in [-0.05, 0) is 116 Å². The van der Waals surface area contributed by atoms with Crippen LogP contribution in [0.5, 0.6) is 5.75 Å². The van der Waals surface area contributed by atoms with Crippen LogP contribution in [0.25, 0.3) is 0 Å². The van der Waals surface area contributed by atoms with Crippen LogP contribution in [0.2, 0.25) is 0 Å². The highest BCUT2D eigenvalue weighted by atomic mass is 19.1. The van der Waals surface area contributed by atoms with Crippen LogP contribution >= 0.6 is 0 Å². The Bertz CT molecular complexity index is 1490. The van der Waals surface area contributed by atoms with Gasteiger partial charge >= 0.3 is 5.97 Å². The first-order valence-corrected chi connectivity index (χ1v) is 14.6. The van der Waals surface area contributed by atoms with Crippen molar-refractivity contribution < 1.29 is 23.0 Å². The molecule has 43 heavy (non-hydrogen) atoms. The van der Waals surface area contributed by atoms with Gasteiger partial charge in [0.05, 0.1) is 6.61 Å². The summed E-state index contributed by atoms with van der Waals surface area (Å²) in [6, 6.07) is 23.4. The molecular weight excluding hydrogens is 546 g/mol. The molecule has 0 bridgehead atoms. The van der Waals surface area contributed by atoms with Crippen molar-refractivity contribution in [3.05, 3.63) is 130 Å². The Morgan fingerprint density at radius 2 is 1.56 bits per heavy atom. The van der Waals surface area contributed by atoms with E-state index < -0.39 is 5.97 Å². The summed E-state index contributed by atoms with van der Waals surface area (Å²) in [5.74, 6) is -0.236. The summed E-state index contributed by atoms with van der Waals surface area (Å²) >= 11 is 0. The quantitative estimate of drug-likeness (QED) is 0.172. The first-order chi connectivity index (χ1) is 20.5. The molecular formula is C36H40F2N2O3. The summed E-state index contributed by atoms with van der Waals surface area (Å²) in [7, 11) is 0. The normalized spacial score (nSPS) is 14.0. The number of pyridine rings is 1. The van der Waals surface area contributed by atoms with Crippen LogP contribution in [-0.4, -0.2) is 24.1 Å². The first-order valence-electron chi connectivity index (χ1n) is 14.6. The molecule has 5 nitrogen and oxygen atoms in total. The predicted molar refractivity (Wildman–Crippen MR) is 165 cm³/mol. The van der Waals surface area contributed by atoms with Crippen LogP contribution < -0.4 is 10.1 Å². The predicted octanol–water partition coefficient (Wildman–Crippen LogP) is 7.75. The Hall–Kier alpha value is -4.10. The third-order valence-corrected chi connectivity index (χ3v) is 7.62. The highest BCUT2D eigenvalue weighted by Crippen LogP contribution is 2.29. The summed E-state index contributed by atoms with van der Waals surface area (Å²) in [5.41, 5.74) is 6.53. The number of carbonyl (C=O) groups is 1. The standard InChI is InChI=1S/C35H36F2N2O3.CH4/c1-2-41-35(40)33-18-17-30-31(4-3-5-32(30)39-33)38-21-20-27-22-29(37)16-19-34(27)42-23-26-10-8-24(9-11-26)6-7-25-12-14-28(36)15-13-25;/h8-19,22,31,38H,2-7,20-21,23H2,1H3;1H4. The molecule has 1 aliphatic rings. The van der Waals surface area contributed by atoms with E-state index in [9.17, 15) is 13.6 Å². The molecule has 1 N–H and O–H groups in total. The van der Waals surface area contributed by atoms with Crippen molar-refractivity contribution in [1.29, 1.82) is 0 Å². The SMILES string of the molecule is C.CCOC(=O)c1ccc2c(n1)CCCC2NCCc1cc(F)ccc1OCc1ccc(CCc2ccc(F)cc2)cc1. The highest BCUT2D eigenvalue weighted by Gasteiger charge is 2.23. The first kappa shape index (κ1) is 31.8. The number of nitrogens with one attached hydrogen (secondary N) is 1. The number of carbonyl (C=O) groups excluding carboxylic acids is 1. The van der Waals surface area contributed by atoms with Crippen molar-refractivity contribution in [2.45, 2.75) is 65.5 Å². The van der Waals surface area contributed by atoms with E-state index >= 15 is 0 Å². The van der Waals surface area contributed by atoms with Crippen molar-refractivity contribution in [1.82, 2.24) is 10.3 Å². The Balaban J connectivity index is 0.00000423. The van der Waals surface area contributed by atoms with Crippen LogP contribution in [0.3, 0.4) is 0 Å². The molecule has 3 aromatic carbocycles. The maximum Gasteiger partial charge on any atom is 0.356 e. The molecule has 0 amide bonds. The molecule has 0 saturated heterocycles. The minimum Gasteiger partial charge on any atom is -0.489 e. The Kier molecular flexibility index (Phi) is 11.4. The minimum atomic E-state index is -0.396. The Morgan fingerprint density at radius 3 is 2.28 bits per heavy atom. The van der Waals surface area contributed by atoms with Gasteiger partial charge in [-0.2, -0.15) is 0 Å². The largest absolute Gasteiger partial charge is 0.489 e. The molecule has 0 fully saturated rings. The zero-order chi connectivity index (χ0) is 29.3. The van der Waals surface area contributed by atoms with Gasteiger partial charge in [0.15, 0.2) is 0 Å². The van der Waals surface area contributed by atoms with Gasteiger partial charge in [0.2, 0.25) is 0 Å². The number of halogens is 2. The van der Waals surface area contributed by atoms with Gasteiger partial charge < -0.3 is 14.8 Å². The van der Waals surface area contributed by atoms with E-state index in [1.54, 1.807) is 19.1 Å². The van der Waals surface area contributed by atoms with E-state index in [1.807, 2.05) is 30.3 Å². The van der Waals surface area contributed by atoms with Crippen LogP contribution in [0.4, 0.5) is 8.78 Å². The molecule has 0 spiro atoms. The van der Waals surface area contributed by atoms with Gasteiger partial charge in [-0.3, -0.25) is 0 Å². The van der Waals surface area contributed by atoms with E-state index in [0.717, 1.165) is 60.1 Å². The van der Waals surface area contributed by atoms with E-state index in [0.29, 0.717) is 37.6 Å².